The smallest absolute Gasteiger partial charge is 0.303 e. The van der Waals surface area contributed by atoms with E-state index in [4.69, 9.17) is 21.8 Å². The number of aliphatic carboxylic acids is 2. The molecule has 0 saturated carbocycles. The number of carbonyl (C=O) groups is 3. The van der Waals surface area contributed by atoms with Crippen LogP contribution in [0.25, 0.3) is 0 Å². The van der Waals surface area contributed by atoms with Gasteiger partial charge in [0.05, 0.1) is 29.1 Å². The molecule has 39 heavy (non-hydrogen) atoms. The number of carbonyl (C=O) groups excluding carboxylic acids is 1. The summed E-state index contributed by atoms with van der Waals surface area (Å²) in [5.41, 5.74) is 4.91. The largest absolute Gasteiger partial charge is 0.481 e. The number of benzene rings is 2. The molecule has 0 saturated heterocycles. The monoisotopic (exact) mass is 573 g/mol. The molecule has 1 aromatic heterocycles. The maximum Gasteiger partial charge on any atom is 0.303 e. The Bertz CT molecular complexity index is 1280. The molecule has 11 heteroatoms. The van der Waals surface area contributed by atoms with Gasteiger partial charge < -0.3 is 20.8 Å². The van der Waals surface area contributed by atoms with Crippen molar-refractivity contribution in [1.29, 1.82) is 0 Å². The third-order valence-corrected chi connectivity index (χ3v) is 7.42. The van der Waals surface area contributed by atoms with Gasteiger partial charge in [0.15, 0.2) is 0 Å². The quantitative estimate of drug-likeness (QED) is 0.271. The zero-order chi connectivity index (χ0) is 28.2. The van der Waals surface area contributed by atoms with Crippen LogP contribution in [0.4, 0.5) is 4.39 Å². The van der Waals surface area contributed by atoms with Gasteiger partial charge in [0.1, 0.15) is 5.82 Å². The van der Waals surface area contributed by atoms with Crippen LogP contribution in [0.2, 0.25) is 5.02 Å². The summed E-state index contributed by atoms with van der Waals surface area (Å²) in [6.07, 6.45) is 2.98. The van der Waals surface area contributed by atoms with Gasteiger partial charge in [-0.15, -0.1) is 11.8 Å². The first kappa shape index (κ1) is 30.1. The predicted molar refractivity (Wildman–Crippen MR) is 148 cm³/mol. The topological polar surface area (TPSA) is 129 Å². The van der Waals surface area contributed by atoms with Crippen LogP contribution in [0, 0.1) is 5.82 Å². The Morgan fingerprint density at radius 2 is 1.67 bits per heavy atom. The summed E-state index contributed by atoms with van der Waals surface area (Å²) in [5.74, 6) is -1.97. The highest BCUT2D eigenvalue weighted by atomic mass is 35.5. The van der Waals surface area contributed by atoms with E-state index in [1.54, 1.807) is 36.2 Å². The summed E-state index contributed by atoms with van der Waals surface area (Å²) in [6.45, 7) is 2.29. The van der Waals surface area contributed by atoms with E-state index in [0.717, 1.165) is 47.1 Å². The average Bonchev–Trinajstić information content (AvgIpc) is 3.17. The molecule has 2 heterocycles. The number of nitrogens with one attached hydrogen (secondary N) is 2. The zero-order valence-corrected chi connectivity index (χ0v) is 22.7. The van der Waals surface area contributed by atoms with Crippen LogP contribution in [0.1, 0.15) is 45.6 Å². The summed E-state index contributed by atoms with van der Waals surface area (Å²) in [4.78, 5) is 37.2. The van der Waals surface area contributed by atoms with Crippen molar-refractivity contribution in [1.82, 2.24) is 15.6 Å². The summed E-state index contributed by atoms with van der Waals surface area (Å²) in [6, 6.07) is 13.8. The van der Waals surface area contributed by atoms with Gasteiger partial charge in [0.25, 0.3) is 5.91 Å². The average molecular weight is 574 g/mol. The minimum atomic E-state index is -1.08. The minimum absolute atomic E-state index is 0.208. The molecule has 2 aromatic carbocycles. The lowest BCUT2D eigenvalue weighted by molar-refractivity contribution is -0.143. The molecule has 0 spiro atoms. The standard InChI is InChI=1S/C24H23ClFN3OS.C4H6O4/c25-22-8-4-17-9-11-27-12-10-21(17)23(22)31-15-20-7-3-18(14-28-20)24(30)29-13-16-1-5-19(26)6-2-16;5-3(6)1-2-4(7)8/h1-8,14,27H,9-13,15H2,(H,29,30);1-2H2,(H,5,6)(H,7,8). The lowest BCUT2D eigenvalue weighted by Crippen LogP contribution is -2.22. The molecule has 206 valence electrons. The number of thioether (sulfide) groups is 1. The molecule has 0 atom stereocenters. The van der Waals surface area contributed by atoms with Crippen molar-refractivity contribution in [3.05, 3.63) is 93.5 Å². The first-order valence-corrected chi connectivity index (χ1v) is 13.6. The Labute approximate surface area is 235 Å². The van der Waals surface area contributed by atoms with Crippen molar-refractivity contribution in [2.45, 2.75) is 42.9 Å². The van der Waals surface area contributed by atoms with Crippen molar-refractivity contribution < 1.29 is 29.0 Å². The lowest BCUT2D eigenvalue weighted by atomic mass is 10.0. The van der Waals surface area contributed by atoms with Gasteiger partial charge in [0.2, 0.25) is 0 Å². The van der Waals surface area contributed by atoms with Gasteiger partial charge in [-0.3, -0.25) is 19.4 Å². The molecule has 1 aliphatic rings. The van der Waals surface area contributed by atoms with Crippen molar-refractivity contribution >= 4 is 41.2 Å². The molecular weight excluding hydrogens is 545 g/mol. The molecule has 3 aromatic rings. The summed E-state index contributed by atoms with van der Waals surface area (Å²) < 4.78 is 13.0. The van der Waals surface area contributed by atoms with Crippen LogP contribution in [0.15, 0.2) is 59.6 Å². The van der Waals surface area contributed by atoms with Crippen molar-refractivity contribution in [3.63, 3.8) is 0 Å². The van der Waals surface area contributed by atoms with Crippen molar-refractivity contribution in [2.24, 2.45) is 0 Å². The van der Waals surface area contributed by atoms with E-state index in [-0.39, 0.29) is 24.6 Å². The fourth-order valence-corrected chi connectivity index (χ4v) is 5.17. The van der Waals surface area contributed by atoms with Crippen molar-refractivity contribution in [3.8, 4) is 0 Å². The van der Waals surface area contributed by atoms with E-state index in [9.17, 15) is 18.8 Å². The van der Waals surface area contributed by atoms with Crippen LogP contribution >= 0.6 is 23.4 Å². The van der Waals surface area contributed by atoms with E-state index < -0.39 is 11.9 Å². The molecule has 1 amide bonds. The Morgan fingerprint density at radius 3 is 2.31 bits per heavy atom. The van der Waals surface area contributed by atoms with Gasteiger partial charge in [-0.1, -0.05) is 29.8 Å². The second-order valence-corrected chi connectivity index (χ2v) is 10.1. The second-order valence-electron chi connectivity index (χ2n) is 8.69. The highest BCUT2D eigenvalue weighted by molar-refractivity contribution is 7.98. The number of halogens is 2. The number of rotatable bonds is 9. The van der Waals surface area contributed by atoms with Crippen LogP contribution in [0.3, 0.4) is 0 Å². The van der Waals surface area contributed by atoms with Gasteiger partial charge in [-0.25, -0.2) is 4.39 Å². The van der Waals surface area contributed by atoms with E-state index in [1.165, 1.54) is 23.3 Å². The molecule has 4 N–H and O–H groups in total. The Hall–Kier alpha value is -3.47. The molecule has 4 rings (SSSR count). The molecule has 1 aliphatic heterocycles. The number of carboxylic acid groups (broad SMARTS) is 2. The number of nitrogens with zero attached hydrogens (tertiary/aromatic N) is 1. The third-order valence-electron chi connectivity index (χ3n) is 5.80. The Balaban J connectivity index is 0.000000459. The van der Waals surface area contributed by atoms with Crippen LogP contribution in [-0.4, -0.2) is 46.1 Å². The summed E-state index contributed by atoms with van der Waals surface area (Å²) >= 11 is 8.20. The van der Waals surface area contributed by atoms with Crippen molar-refractivity contribution in [2.75, 3.05) is 13.1 Å². The Morgan fingerprint density at radius 1 is 0.974 bits per heavy atom. The van der Waals surface area contributed by atoms with E-state index in [1.807, 2.05) is 12.1 Å². The molecular formula is C28H29ClFN3O5S. The van der Waals surface area contributed by atoms with E-state index >= 15 is 0 Å². The third kappa shape index (κ3) is 9.97. The predicted octanol–water partition coefficient (Wildman–Crippen LogP) is 4.72. The summed E-state index contributed by atoms with van der Waals surface area (Å²) in [5, 5.41) is 22.8. The van der Waals surface area contributed by atoms with Gasteiger partial charge in [-0.2, -0.15) is 0 Å². The normalized spacial score (nSPS) is 12.4. The zero-order valence-electron chi connectivity index (χ0n) is 21.1. The minimum Gasteiger partial charge on any atom is -0.481 e. The van der Waals surface area contributed by atoms with Crippen LogP contribution in [0.5, 0.6) is 0 Å². The number of carboxylic acids is 2. The number of amides is 1. The summed E-state index contributed by atoms with van der Waals surface area (Å²) in [7, 11) is 0. The number of hydrogen-bond acceptors (Lipinski definition) is 6. The number of hydrogen-bond donors (Lipinski definition) is 4. The first-order valence-electron chi connectivity index (χ1n) is 12.3. The van der Waals surface area contributed by atoms with Crippen LogP contribution < -0.4 is 10.6 Å². The van der Waals surface area contributed by atoms with Gasteiger partial charge in [0, 0.05) is 23.4 Å². The number of fused-ring (bicyclic) bond motifs is 1. The van der Waals surface area contributed by atoms with Gasteiger partial charge in [-0.05, 0) is 73.0 Å². The Kier molecular flexibility index (Phi) is 11.7. The van der Waals surface area contributed by atoms with Gasteiger partial charge >= 0.3 is 11.9 Å². The first-order chi connectivity index (χ1) is 18.7. The highest BCUT2D eigenvalue weighted by Gasteiger charge is 2.16. The number of pyridine rings is 1. The fraction of sp³-hybridized carbons (Fsp3) is 0.286. The SMILES string of the molecule is O=C(NCc1ccc(F)cc1)c1ccc(CSc2c(Cl)ccc3c2CCNCC3)nc1.O=C(O)CCC(=O)O. The second kappa shape index (κ2) is 15.2. The highest BCUT2D eigenvalue weighted by Crippen LogP contribution is 2.35. The molecule has 0 aliphatic carbocycles. The van der Waals surface area contributed by atoms with E-state index in [0.29, 0.717) is 17.9 Å². The maximum atomic E-state index is 13.0. The van der Waals surface area contributed by atoms with E-state index in [2.05, 4.69) is 21.7 Å². The number of aromatic nitrogens is 1. The fourth-order valence-electron chi connectivity index (χ4n) is 3.76. The molecule has 8 nitrogen and oxygen atoms in total. The molecule has 0 radical (unpaired) electrons. The maximum absolute atomic E-state index is 13.0. The lowest BCUT2D eigenvalue weighted by Gasteiger charge is -2.13. The van der Waals surface area contributed by atoms with Crippen LogP contribution in [-0.2, 0) is 34.7 Å². The molecule has 0 unspecified atom stereocenters. The molecule has 0 bridgehead atoms. The molecule has 0 fully saturated rings.